The summed E-state index contributed by atoms with van der Waals surface area (Å²) in [5, 5.41) is 13.5. The molecule has 26 heavy (non-hydrogen) atoms. The average molecular weight is 423 g/mol. The molecule has 7 nitrogen and oxygen atoms in total. The van der Waals surface area contributed by atoms with Crippen LogP contribution < -0.4 is 14.8 Å². The van der Waals surface area contributed by atoms with Gasteiger partial charge in [0.15, 0.2) is 0 Å². The number of carbonyl (C=O) groups excluding carboxylic acids is 1. The van der Waals surface area contributed by atoms with Crippen molar-refractivity contribution in [2.45, 2.75) is 19.8 Å². The second-order valence-corrected chi connectivity index (χ2v) is 6.43. The molecule has 1 N–H and O–H groups in total. The van der Waals surface area contributed by atoms with Crippen molar-refractivity contribution in [3.8, 4) is 11.5 Å². The average Bonchev–Trinajstić information content (AvgIpc) is 2.60. The maximum Gasteiger partial charge on any atom is 0.273 e. The highest BCUT2D eigenvalue weighted by molar-refractivity contribution is 9.10. The molecule has 0 saturated heterocycles. The molecule has 0 aliphatic carbocycles. The minimum absolute atomic E-state index is 0.100. The molecular weight excluding hydrogens is 404 g/mol. The van der Waals surface area contributed by atoms with E-state index in [-0.39, 0.29) is 23.8 Å². The molecule has 0 bridgehead atoms. The summed E-state index contributed by atoms with van der Waals surface area (Å²) < 4.78 is 11.6. The van der Waals surface area contributed by atoms with Crippen molar-refractivity contribution >= 4 is 33.2 Å². The Bertz CT molecular complexity index is 810. The summed E-state index contributed by atoms with van der Waals surface area (Å²) in [6.07, 6.45) is 0.783. The number of benzene rings is 2. The zero-order chi connectivity index (χ0) is 19.1. The molecule has 1 amide bonds. The first-order valence-electron chi connectivity index (χ1n) is 7.92. The van der Waals surface area contributed by atoms with E-state index < -0.39 is 4.92 Å². The Kier molecular flexibility index (Phi) is 6.97. The van der Waals surface area contributed by atoms with Gasteiger partial charge in [-0.3, -0.25) is 14.9 Å². The number of nitro groups is 1. The van der Waals surface area contributed by atoms with Crippen LogP contribution >= 0.6 is 15.9 Å². The molecule has 0 fully saturated rings. The lowest BCUT2D eigenvalue weighted by Crippen LogP contribution is -2.13. The number of methoxy groups -OCH3 is 1. The fraction of sp³-hybridized carbons (Fsp3) is 0.278. The van der Waals surface area contributed by atoms with Gasteiger partial charge in [-0.15, -0.1) is 0 Å². The summed E-state index contributed by atoms with van der Waals surface area (Å²) in [5.41, 5.74) is 1.42. The van der Waals surface area contributed by atoms with E-state index in [1.165, 1.54) is 25.3 Å². The molecule has 0 atom stereocenters. The van der Waals surface area contributed by atoms with Crippen LogP contribution in [0.1, 0.15) is 18.4 Å². The van der Waals surface area contributed by atoms with Crippen LogP contribution in [0, 0.1) is 17.0 Å². The van der Waals surface area contributed by atoms with E-state index in [9.17, 15) is 14.9 Å². The maximum absolute atomic E-state index is 12.1. The van der Waals surface area contributed by atoms with E-state index in [2.05, 4.69) is 21.2 Å². The molecule has 0 aliphatic heterocycles. The minimum atomic E-state index is -0.519. The van der Waals surface area contributed by atoms with Crippen LogP contribution in [-0.2, 0) is 4.79 Å². The van der Waals surface area contributed by atoms with Crippen LogP contribution in [0.25, 0.3) is 0 Å². The predicted octanol–water partition coefficient (Wildman–Crippen LogP) is 4.47. The number of hydrogen-bond acceptors (Lipinski definition) is 5. The summed E-state index contributed by atoms with van der Waals surface area (Å²) in [4.78, 5) is 22.3. The van der Waals surface area contributed by atoms with Gasteiger partial charge in [0.2, 0.25) is 5.91 Å². The number of rotatable bonds is 8. The molecule has 0 saturated carbocycles. The van der Waals surface area contributed by atoms with E-state index in [0.29, 0.717) is 18.7 Å². The van der Waals surface area contributed by atoms with Crippen LogP contribution in [0.5, 0.6) is 11.5 Å². The van der Waals surface area contributed by atoms with Crippen molar-refractivity contribution in [3.05, 3.63) is 56.5 Å². The number of halogens is 1. The highest BCUT2D eigenvalue weighted by atomic mass is 79.9. The Hall–Kier alpha value is -2.61. The van der Waals surface area contributed by atoms with E-state index in [4.69, 9.17) is 9.47 Å². The summed E-state index contributed by atoms with van der Waals surface area (Å²) in [5.74, 6) is 0.754. The van der Waals surface area contributed by atoms with Crippen LogP contribution in [0.4, 0.5) is 11.4 Å². The fourth-order valence-electron chi connectivity index (χ4n) is 2.25. The van der Waals surface area contributed by atoms with Gasteiger partial charge in [0.1, 0.15) is 11.5 Å². The molecule has 0 radical (unpaired) electrons. The minimum Gasteiger partial charge on any atom is -0.494 e. The molecule has 0 aliphatic rings. The largest absolute Gasteiger partial charge is 0.494 e. The number of amides is 1. The zero-order valence-electron chi connectivity index (χ0n) is 14.5. The monoisotopic (exact) mass is 422 g/mol. The van der Waals surface area contributed by atoms with Crippen molar-refractivity contribution in [2.75, 3.05) is 19.0 Å². The lowest BCUT2D eigenvalue weighted by molar-refractivity contribution is -0.384. The summed E-state index contributed by atoms with van der Waals surface area (Å²) in [6, 6.07) is 9.83. The molecule has 0 unspecified atom stereocenters. The fourth-order valence-corrected chi connectivity index (χ4v) is 2.85. The number of nitrogens with zero attached hydrogens (tertiary/aromatic N) is 1. The van der Waals surface area contributed by atoms with Crippen LogP contribution in [0.2, 0.25) is 0 Å². The number of carbonyl (C=O) groups is 1. The van der Waals surface area contributed by atoms with Crippen LogP contribution in [0.15, 0.2) is 40.9 Å². The molecule has 2 rings (SSSR count). The van der Waals surface area contributed by atoms with E-state index in [1.807, 2.05) is 25.1 Å². The van der Waals surface area contributed by atoms with Crippen molar-refractivity contribution in [1.82, 2.24) is 0 Å². The Balaban J connectivity index is 1.84. The lowest BCUT2D eigenvalue weighted by Gasteiger charge is -2.11. The second kappa shape index (κ2) is 9.19. The first-order chi connectivity index (χ1) is 12.4. The molecule has 0 aromatic heterocycles. The van der Waals surface area contributed by atoms with Gasteiger partial charge in [-0.05, 0) is 53.0 Å². The topological polar surface area (TPSA) is 90.7 Å². The van der Waals surface area contributed by atoms with Crippen LogP contribution in [-0.4, -0.2) is 24.5 Å². The number of nitro benzene ring substituents is 1. The van der Waals surface area contributed by atoms with E-state index >= 15 is 0 Å². The highest BCUT2D eigenvalue weighted by Gasteiger charge is 2.13. The van der Waals surface area contributed by atoms with Crippen LogP contribution in [0.3, 0.4) is 0 Å². The van der Waals surface area contributed by atoms with Gasteiger partial charge in [-0.25, -0.2) is 0 Å². The molecule has 0 heterocycles. The lowest BCUT2D eigenvalue weighted by atomic mass is 10.2. The Morgan fingerprint density at radius 3 is 2.65 bits per heavy atom. The van der Waals surface area contributed by atoms with E-state index in [0.717, 1.165) is 15.8 Å². The number of ether oxygens (including phenoxy) is 2. The van der Waals surface area contributed by atoms with Gasteiger partial charge in [0.25, 0.3) is 5.69 Å². The predicted molar refractivity (Wildman–Crippen MR) is 102 cm³/mol. The molecule has 8 heteroatoms. The third-order valence-electron chi connectivity index (χ3n) is 3.56. The van der Waals surface area contributed by atoms with Crippen molar-refractivity contribution in [3.63, 3.8) is 0 Å². The second-order valence-electron chi connectivity index (χ2n) is 5.58. The van der Waals surface area contributed by atoms with E-state index in [1.54, 1.807) is 0 Å². The van der Waals surface area contributed by atoms with Gasteiger partial charge in [-0.2, -0.15) is 0 Å². The molecular formula is C18H19BrN2O5. The van der Waals surface area contributed by atoms with Gasteiger partial charge in [0, 0.05) is 12.5 Å². The smallest absolute Gasteiger partial charge is 0.273 e. The Morgan fingerprint density at radius 2 is 2.00 bits per heavy atom. The summed E-state index contributed by atoms with van der Waals surface area (Å²) in [7, 11) is 1.39. The first kappa shape index (κ1) is 19.7. The molecule has 0 spiro atoms. The highest BCUT2D eigenvalue weighted by Crippen LogP contribution is 2.29. The SMILES string of the molecule is COc1cc([N+](=O)[O-])ccc1NC(=O)CCCOc1ccc(C)cc1Br. The third-order valence-corrected chi connectivity index (χ3v) is 4.18. The summed E-state index contributed by atoms with van der Waals surface area (Å²) in [6.45, 7) is 2.39. The van der Waals surface area contributed by atoms with Gasteiger partial charge in [-0.1, -0.05) is 6.07 Å². The molecule has 2 aromatic rings. The zero-order valence-corrected chi connectivity index (χ0v) is 16.0. The Morgan fingerprint density at radius 1 is 1.23 bits per heavy atom. The number of nitrogens with one attached hydrogen (secondary N) is 1. The third kappa shape index (κ3) is 5.45. The van der Waals surface area contributed by atoms with Gasteiger partial charge in [0.05, 0.1) is 34.9 Å². The van der Waals surface area contributed by atoms with Gasteiger partial charge < -0.3 is 14.8 Å². The quantitative estimate of drug-likeness (QED) is 0.384. The maximum atomic E-state index is 12.1. The molecule has 138 valence electrons. The summed E-state index contributed by atoms with van der Waals surface area (Å²) >= 11 is 3.44. The van der Waals surface area contributed by atoms with Crippen molar-refractivity contribution in [2.24, 2.45) is 0 Å². The number of anilines is 1. The number of non-ortho nitro benzene ring substituents is 1. The van der Waals surface area contributed by atoms with Crippen molar-refractivity contribution in [1.29, 1.82) is 0 Å². The Labute approximate surface area is 159 Å². The standard InChI is InChI=1S/C18H19BrN2O5/c1-12-5-8-16(14(19)10-12)26-9-3-4-18(22)20-15-7-6-13(21(23)24)11-17(15)25-2/h5-8,10-11H,3-4,9H2,1-2H3,(H,20,22). The van der Waals surface area contributed by atoms with Crippen molar-refractivity contribution < 1.29 is 19.2 Å². The molecule has 2 aromatic carbocycles. The number of aryl methyl sites for hydroxylation is 1. The first-order valence-corrected chi connectivity index (χ1v) is 8.71. The van der Waals surface area contributed by atoms with Gasteiger partial charge >= 0.3 is 0 Å². The number of hydrogen-bond donors (Lipinski definition) is 1. The normalized spacial score (nSPS) is 10.3.